The van der Waals surface area contributed by atoms with Gasteiger partial charge in [-0.1, -0.05) is 212 Å². The molecule has 0 heterocycles. The molecule has 0 atom stereocenters. The first-order valence-electron chi connectivity index (χ1n) is 20.3. The van der Waals surface area contributed by atoms with Crippen molar-refractivity contribution in [3.63, 3.8) is 0 Å². The van der Waals surface area contributed by atoms with E-state index < -0.39 is 0 Å². The average Bonchev–Trinajstić information content (AvgIpc) is 3.33. The molecule has 0 amide bonds. The Kier molecular flexibility index (Phi) is 9.68. The van der Waals surface area contributed by atoms with E-state index in [0.717, 1.165) is 28.2 Å². The minimum atomic E-state index is 1.08. The van der Waals surface area contributed by atoms with Gasteiger partial charge in [-0.3, -0.25) is 0 Å². The quantitative estimate of drug-likeness (QED) is 0.142. The number of nitrogens with zero attached hydrogens (tertiary/aromatic N) is 1. The lowest BCUT2D eigenvalue weighted by atomic mass is 9.91. The first-order chi connectivity index (χ1) is 29.3. The Morgan fingerprint density at radius 2 is 0.695 bits per heavy atom. The van der Waals surface area contributed by atoms with Crippen LogP contribution in [0.2, 0.25) is 0 Å². The molecule has 0 aliphatic carbocycles. The molecule has 0 spiro atoms. The summed E-state index contributed by atoms with van der Waals surface area (Å²) in [5.74, 6) is 0. The van der Waals surface area contributed by atoms with Gasteiger partial charge >= 0.3 is 0 Å². The molecule has 0 saturated carbocycles. The molecule has 0 aliphatic rings. The third kappa shape index (κ3) is 7.23. The van der Waals surface area contributed by atoms with Gasteiger partial charge in [-0.2, -0.15) is 0 Å². The lowest BCUT2D eigenvalue weighted by molar-refractivity contribution is 1.28. The molecular weight excluding hydrogens is 711 g/mol. The number of benzene rings is 10. The van der Waals surface area contributed by atoms with Crippen LogP contribution in [-0.2, 0) is 0 Å². The number of hydrogen-bond donors (Lipinski definition) is 0. The molecule has 10 rings (SSSR count). The molecule has 0 radical (unpaired) electrons. The normalized spacial score (nSPS) is 11.1. The predicted molar refractivity (Wildman–Crippen MR) is 251 cm³/mol. The van der Waals surface area contributed by atoms with Crippen molar-refractivity contribution >= 4 is 27.8 Å². The van der Waals surface area contributed by atoms with Gasteiger partial charge in [0.05, 0.1) is 5.69 Å². The van der Waals surface area contributed by atoms with Gasteiger partial charge in [-0.15, -0.1) is 0 Å². The van der Waals surface area contributed by atoms with E-state index in [1.807, 2.05) is 0 Å². The Labute approximate surface area is 346 Å². The van der Waals surface area contributed by atoms with Gasteiger partial charge in [0.15, 0.2) is 0 Å². The third-order valence-electron chi connectivity index (χ3n) is 11.3. The molecule has 278 valence electrons. The maximum absolute atomic E-state index is 2.43. The molecule has 0 aliphatic heterocycles. The fourth-order valence-corrected chi connectivity index (χ4v) is 8.36. The van der Waals surface area contributed by atoms with Crippen LogP contribution in [0, 0.1) is 0 Å². The molecular formula is C58H41N. The maximum atomic E-state index is 2.43. The van der Waals surface area contributed by atoms with Gasteiger partial charge in [0.1, 0.15) is 0 Å². The van der Waals surface area contributed by atoms with E-state index in [-0.39, 0.29) is 0 Å². The van der Waals surface area contributed by atoms with Gasteiger partial charge < -0.3 is 4.90 Å². The van der Waals surface area contributed by atoms with Crippen molar-refractivity contribution in [2.45, 2.75) is 0 Å². The zero-order valence-electron chi connectivity index (χ0n) is 32.6. The van der Waals surface area contributed by atoms with Gasteiger partial charge in [0, 0.05) is 16.9 Å². The van der Waals surface area contributed by atoms with Crippen molar-refractivity contribution < 1.29 is 0 Å². The molecule has 59 heavy (non-hydrogen) atoms. The molecule has 0 N–H and O–H groups in total. The van der Waals surface area contributed by atoms with E-state index in [4.69, 9.17) is 0 Å². The first kappa shape index (κ1) is 35.7. The summed E-state index contributed by atoms with van der Waals surface area (Å²) < 4.78 is 0. The lowest BCUT2D eigenvalue weighted by Gasteiger charge is -2.29. The molecule has 0 bridgehead atoms. The lowest BCUT2D eigenvalue weighted by Crippen LogP contribution is -2.11. The topological polar surface area (TPSA) is 3.24 Å². The zero-order chi connectivity index (χ0) is 39.4. The Morgan fingerprint density at radius 1 is 0.220 bits per heavy atom. The highest BCUT2D eigenvalue weighted by Crippen LogP contribution is 2.45. The van der Waals surface area contributed by atoms with Gasteiger partial charge in [-0.05, 0) is 108 Å². The summed E-state index contributed by atoms with van der Waals surface area (Å²) in [5, 5.41) is 2.47. The van der Waals surface area contributed by atoms with Gasteiger partial charge in [0.2, 0.25) is 0 Å². The van der Waals surface area contributed by atoms with Crippen molar-refractivity contribution in [1.29, 1.82) is 0 Å². The number of hydrogen-bond acceptors (Lipinski definition) is 1. The smallest absolute Gasteiger partial charge is 0.0546 e. The zero-order valence-corrected chi connectivity index (χ0v) is 32.6. The average molecular weight is 752 g/mol. The van der Waals surface area contributed by atoms with Crippen molar-refractivity contribution in [2.75, 3.05) is 4.90 Å². The van der Waals surface area contributed by atoms with Crippen LogP contribution in [0.4, 0.5) is 17.1 Å². The highest BCUT2D eigenvalue weighted by atomic mass is 15.1. The van der Waals surface area contributed by atoms with Gasteiger partial charge in [0.25, 0.3) is 0 Å². The van der Waals surface area contributed by atoms with Crippen LogP contribution in [-0.4, -0.2) is 0 Å². The summed E-state index contributed by atoms with van der Waals surface area (Å²) in [4.78, 5) is 2.43. The molecule has 1 nitrogen and oxygen atoms in total. The number of anilines is 3. The minimum Gasteiger partial charge on any atom is -0.310 e. The largest absolute Gasteiger partial charge is 0.310 e. The van der Waals surface area contributed by atoms with E-state index in [2.05, 4.69) is 254 Å². The fourth-order valence-electron chi connectivity index (χ4n) is 8.36. The van der Waals surface area contributed by atoms with Crippen LogP contribution in [0.3, 0.4) is 0 Å². The predicted octanol–water partition coefficient (Wildman–Crippen LogP) is 16.3. The summed E-state index contributed by atoms with van der Waals surface area (Å²) in [6.07, 6.45) is 0. The van der Waals surface area contributed by atoms with Crippen LogP contribution < -0.4 is 4.90 Å². The Hall–Kier alpha value is -7.74. The second kappa shape index (κ2) is 16.0. The molecule has 0 fully saturated rings. The van der Waals surface area contributed by atoms with Gasteiger partial charge in [-0.25, -0.2) is 0 Å². The van der Waals surface area contributed by atoms with E-state index in [0.29, 0.717) is 0 Å². The molecule has 0 unspecified atom stereocenters. The molecule has 0 aromatic heterocycles. The van der Waals surface area contributed by atoms with Crippen LogP contribution in [0.1, 0.15) is 0 Å². The monoisotopic (exact) mass is 751 g/mol. The second-order valence-corrected chi connectivity index (χ2v) is 14.9. The highest BCUT2D eigenvalue weighted by molar-refractivity contribution is 5.99. The van der Waals surface area contributed by atoms with Crippen molar-refractivity contribution in [1.82, 2.24) is 0 Å². The van der Waals surface area contributed by atoms with Crippen LogP contribution in [0.15, 0.2) is 249 Å². The van der Waals surface area contributed by atoms with Crippen molar-refractivity contribution in [3.05, 3.63) is 249 Å². The molecule has 10 aromatic rings. The molecule has 0 saturated heterocycles. The summed E-state index contributed by atoms with van der Waals surface area (Å²) >= 11 is 0. The standard InChI is InChI=1S/C58H41N/c1-5-17-42(18-6-1)48-27-15-28-52(39-48)59(58-41-50(34-38-56(58)46-21-9-3-10-22-46)54-30-16-26-45-25-13-14-29-53(45)54)51-35-31-43(32-36-51)49-33-37-55(44-19-7-2-8-20-44)57(40-49)47-23-11-4-12-24-47/h1-41H. The molecule has 1 heteroatoms. The number of rotatable bonds is 9. The van der Waals surface area contributed by atoms with Crippen molar-refractivity contribution in [2.24, 2.45) is 0 Å². The fraction of sp³-hybridized carbons (Fsp3) is 0. The SMILES string of the molecule is c1ccc(-c2cccc(N(c3ccc(-c4ccc(-c5ccccc5)c(-c5ccccc5)c4)cc3)c3cc(-c4cccc5ccccc45)ccc3-c3ccccc3)c2)cc1. The van der Waals surface area contributed by atoms with E-state index in [1.54, 1.807) is 0 Å². The first-order valence-corrected chi connectivity index (χ1v) is 20.3. The summed E-state index contributed by atoms with van der Waals surface area (Å²) in [5.41, 5.74) is 17.5. The van der Waals surface area contributed by atoms with Crippen LogP contribution in [0.25, 0.3) is 77.5 Å². The summed E-state index contributed by atoms with van der Waals surface area (Å²) in [6, 6.07) is 89.9. The number of fused-ring (bicyclic) bond motifs is 1. The Morgan fingerprint density at radius 3 is 1.39 bits per heavy atom. The van der Waals surface area contributed by atoms with E-state index in [1.165, 1.54) is 66.4 Å². The maximum Gasteiger partial charge on any atom is 0.0546 e. The minimum absolute atomic E-state index is 1.08. The van der Waals surface area contributed by atoms with E-state index >= 15 is 0 Å². The highest BCUT2D eigenvalue weighted by Gasteiger charge is 2.20. The third-order valence-corrected chi connectivity index (χ3v) is 11.3. The summed E-state index contributed by atoms with van der Waals surface area (Å²) in [6.45, 7) is 0. The van der Waals surface area contributed by atoms with Crippen LogP contribution in [0.5, 0.6) is 0 Å². The Bertz CT molecular complexity index is 3000. The van der Waals surface area contributed by atoms with E-state index in [9.17, 15) is 0 Å². The van der Waals surface area contributed by atoms with Crippen LogP contribution >= 0.6 is 0 Å². The Balaban J connectivity index is 1.15. The summed E-state index contributed by atoms with van der Waals surface area (Å²) in [7, 11) is 0. The molecule has 10 aromatic carbocycles. The van der Waals surface area contributed by atoms with Crippen molar-refractivity contribution in [3.8, 4) is 66.8 Å². The second-order valence-electron chi connectivity index (χ2n) is 14.9.